The van der Waals surface area contributed by atoms with Crippen LogP contribution in [0.4, 0.5) is 10.5 Å². The number of amides is 1. The first-order chi connectivity index (χ1) is 12.1. The van der Waals surface area contributed by atoms with Crippen molar-refractivity contribution in [3.63, 3.8) is 0 Å². The molecule has 4 heteroatoms. The lowest BCUT2D eigenvalue weighted by Crippen LogP contribution is -2.68. The lowest BCUT2D eigenvalue weighted by atomic mass is 9.83. The Morgan fingerprint density at radius 3 is 2.52 bits per heavy atom. The summed E-state index contributed by atoms with van der Waals surface area (Å²) >= 11 is 0. The second kappa shape index (κ2) is 7.77. The number of rotatable bonds is 6. The van der Waals surface area contributed by atoms with Crippen molar-refractivity contribution in [3.05, 3.63) is 30.3 Å². The van der Waals surface area contributed by atoms with E-state index in [-0.39, 0.29) is 12.3 Å². The molecule has 0 N–H and O–H groups in total. The number of para-hydroxylation sites is 1. The molecule has 3 heterocycles. The second-order valence-electron chi connectivity index (χ2n) is 8.00. The van der Waals surface area contributed by atoms with Gasteiger partial charge in [0, 0.05) is 31.5 Å². The molecule has 138 valence electrons. The van der Waals surface area contributed by atoms with Crippen LogP contribution in [0, 0.1) is 5.92 Å². The van der Waals surface area contributed by atoms with E-state index in [0.29, 0.717) is 6.04 Å². The lowest BCUT2D eigenvalue weighted by molar-refractivity contribution is -1.00. The zero-order valence-corrected chi connectivity index (χ0v) is 16.0. The lowest BCUT2D eigenvalue weighted by Gasteiger charge is -2.55. The number of ether oxygens (including phenoxy) is 1. The Balaban J connectivity index is 1.76. The number of fused-ring (bicyclic) bond motifs is 3. The summed E-state index contributed by atoms with van der Waals surface area (Å²) in [5, 5.41) is 0. The van der Waals surface area contributed by atoms with Crippen LogP contribution in [-0.4, -0.2) is 42.5 Å². The Morgan fingerprint density at radius 1 is 1.24 bits per heavy atom. The van der Waals surface area contributed by atoms with Gasteiger partial charge in [0.25, 0.3) is 0 Å². The Labute approximate surface area is 152 Å². The fraction of sp³-hybridized carbons (Fsp3) is 0.667. The smallest absolute Gasteiger partial charge is 0.396 e. The van der Waals surface area contributed by atoms with Crippen molar-refractivity contribution in [3.8, 4) is 0 Å². The minimum Gasteiger partial charge on any atom is -0.396 e. The first-order valence-electron chi connectivity index (χ1n) is 9.96. The average Bonchev–Trinajstić information content (AvgIpc) is 2.64. The van der Waals surface area contributed by atoms with Gasteiger partial charge in [0.05, 0.1) is 19.1 Å². The highest BCUT2D eigenvalue weighted by Crippen LogP contribution is 2.41. The minimum absolute atomic E-state index is 0.0211. The van der Waals surface area contributed by atoms with Gasteiger partial charge in [-0.3, -0.25) is 9.38 Å². The van der Waals surface area contributed by atoms with E-state index in [9.17, 15) is 4.79 Å². The molecule has 0 saturated carbocycles. The largest absolute Gasteiger partial charge is 0.418 e. The van der Waals surface area contributed by atoms with Gasteiger partial charge in [0.15, 0.2) is 0 Å². The number of carbonyl (C=O) groups is 1. The summed E-state index contributed by atoms with van der Waals surface area (Å²) in [4.78, 5) is 14.9. The van der Waals surface area contributed by atoms with Gasteiger partial charge >= 0.3 is 6.09 Å². The molecule has 1 aromatic carbocycles. The number of quaternary nitrogens is 1. The van der Waals surface area contributed by atoms with Crippen LogP contribution in [0.3, 0.4) is 0 Å². The van der Waals surface area contributed by atoms with Crippen LogP contribution < -0.4 is 4.90 Å². The van der Waals surface area contributed by atoms with Gasteiger partial charge in [-0.25, -0.2) is 4.79 Å². The molecule has 1 atom stereocenters. The molecule has 25 heavy (non-hydrogen) atoms. The number of nitrogens with zero attached hydrogens (tertiary/aromatic N) is 2. The number of hydrogen-bond acceptors (Lipinski definition) is 2. The van der Waals surface area contributed by atoms with Crippen molar-refractivity contribution < 1.29 is 14.0 Å². The first kappa shape index (κ1) is 18.2. The monoisotopic (exact) mass is 345 g/mol. The topological polar surface area (TPSA) is 29.5 Å². The highest BCUT2D eigenvalue weighted by atomic mass is 16.6. The van der Waals surface area contributed by atoms with Crippen molar-refractivity contribution in [2.45, 2.75) is 65.1 Å². The SMILES string of the molecule is CCCCN(C(=O)O[C@@H]1CC2CC[N+]1(C(C)C)CC2)c1ccccc1. The predicted octanol–water partition coefficient (Wildman–Crippen LogP) is 4.79. The van der Waals surface area contributed by atoms with Crippen LogP contribution in [0.25, 0.3) is 0 Å². The van der Waals surface area contributed by atoms with E-state index in [1.165, 1.54) is 12.8 Å². The Morgan fingerprint density at radius 2 is 1.92 bits per heavy atom. The van der Waals surface area contributed by atoms with E-state index in [4.69, 9.17) is 4.74 Å². The van der Waals surface area contributed by atoms with Gasteiger partial charge in [-0.15, -0.1) is 0 Å². The molecule has 2 bridgehead atoms. The van der Waals surface area contributed by atoms with E-state index in [1.54, 1.807) is 0 Å². The van der Waals surface area contributed by atoms with Crippen LogP contribution in [0.5, 0.6) is 0 Å². The maximum atomic E-state index is 13.1. The summed E-state index contributed by atoms with van der Waals surface area (Å²) in [7, 11) is 0. The molecule has 0 spiro atoms. The van der Waals surface area contributed by atoms with E-state index < -0.39 is 0 Å². The number of benzene rings is 1. The average molecular weight is 346 g/mol. The normalized spacial score (nSPS) is 28.2. The minimum atomic E-state index is -0.171. The maximum absolute atomic E-state index is 13.1. The van der Waals surface area contributed by atoms with E-state index in [1.807, 2.05) is 35.2 Å². The third-order valence-corrected chi connectivity index (χ3v) is 6.30. The maximum Gasteiger partial charge on any atom is 0.418 e. The van der Waals surface area contributed by atoms with E-state index >= 15 is 0 Å². The van der Waals surface area contributed by atoms with Crippen molar-refractivity contribution >= 4 is 11.8 Å². The standard InChI is InChI=1S/C21H33N2O2/c1-4-5-13-22(19-9-7-6-8-10-19)21(24)25-20-16-18-11-14-23(20,15-12-18)17(2)3/h6-10,17-18,20H,4-5,11-16H2,1-3H3/q+1/t18?,20-,23?/m1/s1. The molecule has 0 aliphatic carbocycles. The third kappa shape index (κ3) is 3.69. The van der Waals surface area contributed by atoms with Gasteiger partial charge in [0.2, 0.25) is 6.23 Å². The van der Waals surface area contributed by atoms with Crippen LogP contribution in [0.1, 0.15) is 52.9 Å². The number of anilines is 1. The summed E-state index contributed by atoms with van der Waals surface area (Å²) in [6, 6.07) is 10.4. The van der Waals surface area contributed by atoms with Crippen LogP contribution in [0.15, 0.2) is 30.3 Å². The fourth-order valence-electron chi connectivity index (χ4n) is 4.55. The van der Waals surface area contributed by atoms with Gasteiger partial charge < -0.3 is 4.74 Å². The van der Waals surface area contributed by atoms with Gasteiger partial charge in [-0.05, 0) is 38.3 Å². The van der Waals surface area contributed by atoms with Crippen molar-refractivity contribution in [1.82, 2.24) is 0 Å². The first-order valence-corrected chi connectivity index (χ1v) is 9.96. The molecule has 3 saturated heterocycles. The molecule has 0 radical (unpaired) electrons. The third-order valence-electron chi connectivity index (χ3n) is 6.30. The van der Waals surface area contributed by atoms with Gasteiger partial charge in [0.1, 0.15) is 0 Å². The summed E-state index contributed by atoms with van der Waals surface area (Å²) in [5.41, 5.74) is 0.938. The van der Waals surface area contributed by atoms with Crippen molar-refractivity contribution in [2.75, 3.05) is 24.5 Å². The molecular formula is C21H33N2O2+. The quantitative estimate of drug-likeness (QED) is 0.694. The Hall–Kier alpha value is -1.55. The summed E-state index contributed by atoms with van der Waals surface area (Å²) in [6.45, 7) is 9.73. The molecular weight excluding hydrogens is 312 g/mol. The second-order valence-corrected chi connectivity index (χ2v) is 8.00. The highest BCUT2D eigenvalue weighted by molar-refractivity contribution is 5.87. The zero-order chi connectivity index (χ0) is 17.9. The molecule has 0 unspecified atom stereocenters. The van der Waals surface area contributed by atoms with Crippen molar-refractivity contribution in [2.24, 2.45) is 5.92 Å². The van der Waals surface area contributed by atoms with Crippen LogP contribution in [0.2, 0.25) is 0 Å². The number of unbranched alkanes of at least 4 members (excludes halogenated alkanes) is 1. The molecule has 1 amide bonds. The molecule has 3 aliphatic heterocycles. The van der Waals surface area contributed by atoms with E-state index in [0.717, 1.165) is 55.0 Å². The van der Waals surface area contributed by atoms with Crippen LogP contribution >= 0.6 is 0 Å². The molecule has 0 aromatic heterocycles. The zero-order valence-electron chi connectivity index (χ0n) is 16.0. The predicted molar refractivity (Wildman–Crippen MR) is 101 cm³/mol. The Bertz CT molecular complexity index is 565. The molecule has 4 nitrogen and oxygen atoms in total. The molecule has 3 aliphatic rings. The summed E-state index contributed by atoms with van der Waals surface area (Å²) in [6.07, 6.45) is 5.49. The number of hydrogen-bond donors (Lipinski definition) is 0. The number of carbonyl (C=O) groups excluding carboxylic acids is 1. The van der Waals surface area contributed by atoms with Gasteiger partial charge in [-0.2, -0.15) is 0 Å². The molecule has 3 fully saturated rings. The highest BCUT2D eigenvalue weighted by Gasteiger charge is 2.51. The summed E-state index contributed by atoms with van der Waals surface area (Å²) in [5.74, 6) is 0.734. The Kier molecular flexibility index (Phi) is 5.67. The molecule has 1 aromatic rings. The molecule has 4 rings (SSSR count). The number of piperidine rings is 3. The van der Waals surface area contributed by atoms with Gasteiger partial charge in [-0.1, -0.05) is 31.5 Å². The fourth-order valence-corrected chi connectivity index (χ4v) is 4.55. The van der Waals surface area contributed by atoms with Crippen molar-refractivity contribution in [1.29, 1.82) is 0 Å². The summed E-state index contributed by atoms with van der Waals surface area (Å²) < 4.78 is 7.12. The van der Waals surface area contributed by atoms with E-state index in [2.05, 4.69) is 20.8 Å². The van der Waals surface area contributed by atoms with Crippen LogP contribution in [-0.2, 0) is 4.74 Å².